The number of aromatic nitrogens is 3. The molecular weight excluding hydrogens is 212 g/mol. The third-order valence-corrected chi connectivity index (χ3v) is 2.03. The molecule has 16 heavy (non-hydrogen) atoms. The number of carboxylic acid groups (broad SMARTS) is 1. The predicted octanol–water partition coefficient (Wildman–Crippen LogP) is -0.0528. The zero-order valence-electron chi connectivity index (χ0n) is 8.54. The first-order valence-electron chi connectivity index (χ1n) is 4.50. The van der Waals surface area contributed by atoms with Crippen molar-refractivity contribution < 1.29 is 14.6 Å². The fourth-order valence-corrected chi connectivity index (χ4v) is 1.39. The molecule has 0 saturated carbocycles. The van der Waals surface area contributed by atoms with Gasteiger partial charge in [0.2, 0.25) is 5.88 Å². The van der Waals surface area contributed by atoms with E-state index in [-0.39, 0.29) is 12.2 Å². The number of carbonyl (C=O) groups is 1. The molecule has 0 amide bonds. The molecule has 7 nitrogen and oxygen atoms in total. The summed E-state index contributed by atoms with van der Waals surface area (Å²) in [5.41, 5.74) is 6.51. The number of fused-ring (bicyclic) bond motifs is 1. The van der Waals surface area contributed by atoms with Crippen LogP contribution < -0.4 is 10.5 Å². The average Bonchev–Trinajstić information content (AvgIpc) is 2.59. The molecule has 2 heterocycles. The molecule has 0 spiro atoms. The van der Waals surface area contributed by atoms with Crippen LogP contribution in [0.3, 0.4) is 0 Å². The first-order valence-corrected chi connectivity index (χ1v) is 4.50. The first-order chi connectivity index (χ1) is 7.60. The summed E-state index contributed by atoms with van der Waals surface area (Å²) in [6.45, 7) is 0. The molecule has 0 saturated heterocycles. The van der Waals surface area contributed by atoms with Gasteiger partial charge < -0.3 is 15.6 Å². The van der Waals surface area contributed by atoms with Gasteiger partial charge in [0, 0.05) is 6.20 Å². The molecule has 2 aromatic rings. The van der Waals surface area contributed by atoms with Gasteiger partial charge in [-0.15, -0.1) is 0 Å². The molecule has 2 aromatic heterocycles. The molecule has 0 unspecified atom stereocenters. The third kappa shape index (κ3) is 1.74. The monoisotopic (exact) mass is 222 g/mol. The van der Waals surface area contributed by atoms with Crippen LogP contribution in [0, 0.1) is 0 Å². The molecule has 84 valence electrons. The molecule has 0 aromatic carbocycles. The fraction of sp³-hybridized carbons (Fsp3) is 0.222. The molecule has 7 heteroatoms. The van der Waals surface area contributed by atoms with Crippen LogP contribution in [0.2, 0.25) is 0 Å². The standard InChI is InChI=1S/C9H10N4O3/c1-16-6-4-13-3-5(2-7(14)15)11-9(13)8(10)12-6/h3-4H,2H2,1H3,(H2,10,12)(H,14,15). The number of hydrogen-bond donors (Lipinski definition) is 2. The summed E-state index contributed by atoms with van der Waals surface area (Å²) in [5.74, 6) is -0.387. The number of nitrogens with zero attached hydrogens (tertiary/aromatic N) is 3. The van der Waals surface area contributed by atoms with Gasteiger partial charge in [-0.1, -0.05) is 0 Å². The normalized spacial score (nSPS) is 10.6. The highest BCUT2D eigenvalue weighted by Crippen LogP contribution is 2.16. The Kier molecular flexibility index (Phi) is 2.35. The third-order valence-electron chi connectivity index (χ3n) is 2.03. The topological polar surface area (TPSA) is 103 Å². The van der Waals surface area contributed by atoms with E-state index >= 15 is 0 Å². The summed E-state index contributed by atoms with van der Waals surface area (Å²) >= 11 is 0. The number of carboxylic acids is 1. The van der Waals surface area contributed by atoms with E-state index in [1.807, 2.05) is 0 Å². The summed E-state index contributed by atoms with van der Waals surface area (Å²) in [5, 5.41) is 8.64. The van der Waals surface area contributed by atoms with Gasteiger partial charge in [0.25, 0.3) is 0 Å². The second-order valence-corrected chi connectivity index (χ2v) is 3.20. The summed E-state index contributed by atoms with van der Waals surface area (Å²) in [7, 11) is 1.47. The highest BCUT2D eigenvalue weighted by atomic mass is 16.5. The Labute approximate surface area is 90.5 Å². The number of methoxy groups -OCH3 is 1. The van der Waals surface area contributed by atoms with Crippen molar-refractivity contribution in [2.24, 2.45) is 0 Å². The van der Waals surface area contributed by atoms with Gasteiger partial charge in [-0.3, -0.25) is 9.20 Å². The highest BCUT2D eigenvalue weighted by Gasteiger charge is 2.10. The Morgan fingerprint density at radius 1 is 1.56 bits per heavy atom. The Balaban J connectivity index is 2.52. The minimum atomic E-state index is -0.943. The molecule has 3 N–H and O–H groups in total. The van der Waals surface area contributed by atoms with E-state index in [1.165, 1.54) is 7.11 Å². The highest BCUT2D eigenvalue weighted by molar-refractivity contribution is 5.70. The zero-order valence-corrected chi connectivity index (χ0v) is 8.54. The Bertz CT molecular complexity index is 549. The summed E-state index contributed by atoms with van der Waals surface area (Å²) < 4.78 is 6.53. The number of ether oxygens (including phenoxy) is 1. The lowest BCUT2D eigenvalue weighted by atomic mass is 10.3. The number of nitrogens with two attached hydrogens (primary N) is 1. The van der Waals surface area contributed by atoms with Crippen LogP contribution in [0.5, 0.6) is 5.88 Å². The lowest BCUT2D eigenvalue weighted by Gasteiger charge is -2.01. The Morgan fingerprint density at radius 2 is 2.31 bits per heavy atom. The molecule has 0 aliphatic carbocycles. The van der Waals surface area contributed by atoms with E-state index in [0.717, 1.165) is 0 Å². The van der Waals surface area contributed by atoms with Crippen molar-refractivity contribution in [1.29, 1.82) is 0 Å². The number of imidazole rings is 1. The van der Waals surface area contributed by atoms with Crippen LogP contribution in [0.1, 0.15) is 5.69 Å². The SMILES string of the molecule is COc1cn2cc(CC(=O)O)nc2c(N)n1. The Morgan fingerprint density at radius 3 is 2.94 bits per heavy atom. The van der Waals surface area contributed by atoms with E-state index in [4.69, 9.17) is 15.6 Å². The van der Waals surface area contributed by atoms with Crippen molar-refractivity contribution in [1.82, 2.24) is 14.4 Å². The van der Waals surface area contributed by atoms with Gasteiger partial charge in [0.15, 0.2) is 11.5 Å². The molecule has 0 atom stereocenters. The Hall–Kier alpha value is -2.31. The largest absolute Gasteiger partial charge is 0.481 e. The minimum Gasteiger partial charge on any atom is -0.481 e. The van der Waals surface area contributed by atoms with E-state index in [9.17, 15) is 4.79 Å². The molecule has 0 fully saturated rings. The van der Waals surface area contributed by atoms with Crippen LogP contribution in [0.25, 0.3) is 5.65 Å². The van der Waals surface area contributed by atoms with Crippen molar-refractivity contribution in [3.05, 3.63) is 18.1 Å². The summed E-state index contributed by atoms with van der Waals surface area (Å²) in [6, 6.07) is 0. The first kappa shape index (κ1) is 10.2. The van der Waals surface area contributed by atoms with Crippen LogP contribution in [0.4, 0.5) is 5.82 Å². The average molecular weight is 222 g/mol. The fourth-order valence-electron chi connectivity index (χ4n) is 1.39. The van der Waals surface area contributed by atoms with Crippen LogP contribution in [-0.4, -0.2) is 32.6 Å². The number of aliphatic carboxylic acids is 1. The number of nitrogen functional groups attached to an aromatic ring is 1. The number of rotatable bonds is 3. The molecule has 0 aliphatic heterocycles. The van der Waals surface area contributed by atoms with Crippen LogP contribution in [-0.2, 0) is 11.2 Å². The maximum Gasteiger partial charge on any atom is 0.309 e. The molecule has 2 rings (SSSR count). The van der Waals surface area contributed by atoms with Crippen LogP contribution in [0.15, 0.2) is 12.4 Å². The second kappa shape index (κ2) is 3.69. The molecule has 0 radical (unpaired) electrons. The van der Waals surface area contributed by atoms with Crippen molar-refractivity contribution in [3.8, 4) is 5.88 Å². The van der Waals surface area contributed by atoms with Crippen molar-refractivity contribution in [3.63, 3.8) is 0 Å². The summed E-state index contributed by atoms with van der Waals surface area (Å²) in [4.78, 5) is 18.5. The summed E-state index contributed by atoms with van der Waals surface area (Å²) in [6.07, 6.45) is 3.03. The van der Waals surface area contributed by atoms with Gasteiger partial charge in [-0.2, -0.15) is 4.98 Å². The van der Waals surface area contributed by atoms with Crippen molar-refractivity contribution in [2.45, 2.75) is 6.42 Å². The van der Waals surface area contributed by atoms with Gasteiger partial charge in [0.1, 0.15) is 0 Å². The van der Waals surface area contributed by atoms with E-state index in [0.29, 0.717) is 17.2 Å². The quantitative estimate of drug-likeness (QED) is 0.754. The lowest BCUT2D eigenvalue weighted by Crippen LogP contribution is -2.00. The van der Waals surface area contributed by atoms with E-state index in [1.54, 1.807) is 16.8 Å². The lowest BCUT2D eigenvalue weighted by molar-refractivity contribution is -0.136. The van der Waals surface area contributed by atoms with Crippen LogP contribution >= 0.6 is 0 Å². The minimum absolute atomic E-state index is 0.149. The predicted molar refractivity (Wildman–Crippen MR) is 55.3 cm³/mol. The van der Waals surface area contributed by atoms with E-state index in [2.05, 4.69) is 9.97 Å². The molecule has 0 bridgehead atoms. The molecule has 0 aliphatic rings. The second-order valence-electron chi connectivity index (χ2n) is 3.20. The maximum atomic E-state index is 10.5. The van der Waals surface area contributed by atoms with Crippen molar-refractivity contribution >= 4 is 17.4 Å². The number of hydrogen-bond acceptors (Lipinski definition) is 5. The number of anilines is 1. The van der Waals surface area contributed by atoms with E-state index < -0.39 is 5.97 Å². The smallest absolute Gasteiger partial charge is 0.309 e. The maximum absolute atomic E-state index is 10.5. The van der Waals surface area contributed by atoms with Gasteiger partial charge in [-0.05, 0) is 0 Å². The van der Waals surface area contributed by atoms with Gasteiger partial charge in [-0.25, -0.2) is 4.98 Å². The molecular formula is C9H10N4O3. The van der Waals surface area contributed by atoms with Gasteiger partial charge in [0.05, 0.1) is 25.4 Å². The zero-order chi connectivity index (χ0) is 11.7. The van der Waals surface area contributed by atoms with Gasteiger partial charge >= 0.3 is 5.97 Å². The van der Waals surface area contributed by atoms with Crippen molar-refractivity contribution in [2.75, 3.05) is 12.8 Å².